The normalized spacial score (nSPS) is 10.3. The van der Waals surface area contributed by atoms with Crippen LogP contribution in [-0.4, -0.2) is 15.9 Å². The van der Waals surface area contributed by atoms with Gasteiger partial charge in [0.25, 0.3) is 5.91 Å². The molecule has 134 valence electrons. The lowest BCUT2D eigenvalue weighted by Crippen LogP contribution is -2.14. The molecule has 0 atom stereocenters. The van der Waals surface area contributed by atoms with E-state index in [1.807, 2.05) is 30.3 Å². The Morgan fingerprint density at radius 2 is 1.81 bits per heavy atom. The van der Waals surface area contributed by atoms with Gasteiger partial charge in [0.05, 0.1) is 17.2 Å². The number of anilines is 3. The van der Waals surface area contributed by atoms with Crippen LogP contribution in [0.15, 0.2) is 60.9 Å². The Kier molecular flexibility index (Phi) is 5.43. The lowest BCUT2D eigenvalue weighted by Gasteiger charge is -2.13. The molecule has 0 saturated heterocycles. The van der Waals surface area contributed by atoms with Crippen molar-refractivity contribution in [3.63, 3.8) is 0 Å². The molecular weight excluding hydrogens is 338 g/mol. The van der Waals surface area contributed by atoms with Crippen molar-refractivity contribution in [1.82, 2.24) is 9.97 Å². The number of rotatable bonds is 5. The van der Waals surface area contributed by atoms with E-state index in [1.165, 1.54) is 12.4 Å². The number of carbonyl (C=O) groups excluding carboxylic acids is 1. The lowest BCUT2D eigenvalue weighted by molar-refractivity contribution is 0.102. The summed E-state index contributed by atoms with van der Waals surface area (Å²) < 4.78 is 0. The summed E-state index contributed by atoms with van der Waals surface area (Å²) in [7, 11) is 0. The summed E-state index contributed by atoms with van der Waals surface area (Å²) in [6.07, 6.45) is 2.94. The maximum absolute atomic E-state index is 12.5. The third kappa shape index (κ3) is 4.47. The van der Waals surface area contributed by atoms with Crippen LogP contribution in [0.3, 0.4) is 0 Å². The lowest BCUT2D eigenvalue weighted by atomic mass is 10.0. The summed E-state index contributed by atoms with van der Waals surface area (Å²) in [5, 5.41) is 14.9. The fourth-order valence-corrected chi connectivity index (χ4v) is 2.61. The van der Waals surface area contributed by atoms with Crippen molar-refractivity contribution in [3.8, 4) is 6.07 Å². The van der Waals surface area contributed by atoms with Crippen LogP contribution in [0.5, 0.6) is 0 Å². The fraction of sp³-hybridized carbons (Fsp3) is 0.143. The summed E-state index contributed by atoms with van der Waals surface area (Å²) in [5.74, 6) is 0.388. The molecule has 0 aliphatic carbocycles. The van der Waals surface area contributed by atoms with Crippen LogP contribution >= 0.6 is 0 Å². The summed E-state index contributed by atoms with van der Waals surface area (Å²) in [6, 6.07) is 16.8. The quantitative estimate of drug-likeness (QED) is 0.703. The van der Waals surface area contributed by atoms with Crippen molar-refractivity contribution in [3.05, 3.63) is 77.6 Å². The van der Waals surface area contributed by atoms with Gasteiger partial charge in [-0.05, 0) is 35.7 Å². The van der Waals surface area contributed by atoms with Gasteiger partial charge in [-0.3, -0.25) is 4.79 Å². The van der Waals surface area contributed by atoms with E-state index in [2.05, 4.69) is 40.5 Å². The Labute approximate surface area is 157 Å². The maximum atomic E-state index is 12.5. The Hall–Kier alpha value is -3.72. The van der Waals surface area contributed by atoms with Gasteiger partial charge in [0.15, 0.2) is 0 Å². The van der Waals surface area contributed by atoms with E-state index in [1.54, 1.807) is 18.2 Å². The average Bonchev–Trinajstić information content (AvgIpc) is 2.69. The zero-order valence-corrected chi connectivity index (χ0v) is 15.1. The first-order valence-corrected chi connectivity index (χ1v) is 8.56. The van der Waals surface area contributed by atoms with Gasteiger partial charge in [0.1, 0.15) is 0 Å². The van der Waals surface area contributed by atoms with Crippen LogP contribution in [0.25, 0.3) is 0 Å². The molecule has 3 aromatic rings. The molecule has 1 heterocycles. The summed E-state index contributed by atoms with van der Waals surface area (Å²) in [4.78, 5) is 20.9. The number of benzene rings is 2. The predicted molar refractivity (Wildman–Crippen MR) is 105 cm³/mol. The van der Waals surface area contributed by atoms with Crippen LogP contribution in [0.1, 0.15) is 41.3 Å². The van der Waals surface area contributed by atoms with Crippen molar-refractivity contribution in [2.75, 3.05) is 10.6 Å². The number of amides is 1. The molecule has 6 nitrogen and oxygen atoms in total. The first-order valence-electron chi connectivity index (χ1n) is 8.56. The standard InChI is InChI=1S/C21H19N5O/c1-14(2)18-8-3-4-9-19(18)26-20(27)16-12-23-21(24-13-16)25-17-7-5-6-15(10-17)11-22/h3-10,12-14H,1-2H3,(H,26,27)(H,23,24,25). The van der Waals surface area contributed by atoms with E-state index in [-0.39, 0.29) is 5.91 Å². The summed E-state index contributed by atoms with van der Waals surface area (Å²) in [5.41, 5.74) is 3.47. The largest absolute Gasteiger partial charge is 0.324 e. The molecule has 1 aromatic heterocycles. The molecule has 0 unspecified atom stereocenters. The number of para-hydroxylation sites is 1. The van der Waals surface area contributed by atoms with Gasteiger partial charge in [0, 0.05) is 23.8 Å². The number of aromatic nitrogens is 2. The minimum absolute atomic E-state index is 0.263. The van der Waals surface area contributed by atoms with E-state index >= 15 is 0 Å². The predicted octanol–water partition coefficient (Wildman–Crippen LogP) is 4.47. The van der Waals surface area contributed by atoms with Gasteiger partial charge in [0.2, 0.25) is 5.95 Å². The van der Waals surface area contributed by atoms with Gasteiger partial charge >= 0.3 is 0 Å². The van der Waals surface area contributed by atoms with Crippen molar-refractivity contribution in [2.24, 2.45) is 0 Å². The maximum Gasteiger partial charge on any atom is 0.258 e. The number of hydrogen-bond acceptors (Lipinski definition) is 5. The van der Waals surface area contributed by atoms with Crippen molar-refractivity contribution in [2.45, 2.75) is 19.8 Å². The van der Waals surface area contributed by atoms with E-state index in [0.29, 0.717) is 28.7 Å². The number of carbonyl (C=O) groups is 1. The Morgan fingerprint density at radius 1 is 1.07 bits per heavy atom. The molecule has 0 spiro atoms. The molecule has 0 fully saturated rings. The Balaban J connectivity index is 1.72. The molecular formula is C21H19N5O. The third-order valence-electron chi connectivity index (χ3n) is 3.99. The molecule has 0 saturated carbocycles. The van der Waals surface area contributed by atoms with Gasteiger partial charge in [-0.1, -0.05) is 38.1 Å². The molecule has 2 aromatic carbocycles. The molecule has 27 heavy (non-hydrogen) atoms. The minimum Gasteiger partial charge on any atom is -0.324 e. The Bertz CT molecular complexity index is 990. The molecule has 0 bridgehead atoms. The highest BCUT2D eigenvalue weighted by Gasteiger charge is 2.12. The number of hydrogen-bond donors (Lipinski definition) is 2. The second-order valence-corrected chi connectivity index (χ2v) is 6.31. The zero-order valence-electron chi connectivity index (χ0n) is 15.1. The smallest absolute Gasteiger partial charge is 0.258 e. The number of nitrogens with zero attached hydrogens (tertiary/aromatic N) is 3. The van der Waals surface area contributed by atoms with E-state index in [4.69, 9.17) is 5.26 Å². The zero-order chi connectivity index (χ0) is 19.2. The molecule has 6 heteroatoms. The Morgan fingerprint density at radius 3 is 2.52 bits per heavy atom. The number of nitriles is 1. The molecule has 2 N–H and O–H groups in total. The van der Waals surface area contributed by atoms with Crippen molar-refractivity contribution >= 4 is 23.2 Å². The van der Waals surface area contributed by atoms with Gasteiger partial charge < -0.3 is 10.6 Å². The highest BCUT2D eigenvalue weighted by Crippen LogP contribution is 2.24. The molecule has 3 rings (SSSR count). The van der Waals surface area contributed by atoms with Gasteiger partial charge in [-0.25, -0.2) is 9.97 Å². The van der Waals surface area contributed by atoms with Gasteiger partial charge in [-0.15, -0.1) is 0 Å². The topological polar surface area (TPSA) is 90.7 Å². The van der Waals surface area contributed by atoms with Crippen LogP contribution < -0.4 is 10.6 Å². The van der Waals surface area contributed by atoms with Crippen LogP contribution in [0, 0.1) is 11.3 Å². The number of nitrogens with one attached hydrogen (secondary N) is 2. The van der Waals surface area contributed by atoms with E-state index in [9.17, 15) is 4.79 Å². The second-order valence-electron chi connectivity index (χ2n) is 6.31. The van der Waals surface area contributed by atoms with Crippen LogP contribution in [-0.2, 0) is 0 Å². The van der Waals surface area contributed by atoms with Crippen molar-refractivity contribution in [1.29, 1.82) is 5.26 Å². The fourth-order valence-electron chi connectivity index (χ4n) is 2.61. The average molecular weight is 357 g/mol. The highest BCUT2D eigenvalue weighted by molar-refractivity contribution is 6.04. The van der Waals surface area contributed by atoms with Crippen LogP contribution in [0.4, 0.5) is 17.3 Å². The minimum atomic E-state index is -0.263. The van der Waals surface area contributed by atoms with E-state index < -0.39 is 0 Å². The molecule has 0 radical (unpaired) electrons. The third-order valence-corrected chi connectivity index (χ3v) is 3.99. The molecule has 0 aliphatic rings. The first-order chi connectivity index (χ1) is 13.1. The summed E-state index contributed by atoms with van der Waals surface area (Å²) in [6.45, 7) is 4.16. The van der Waals surface area contributed by atoms with Crippen molar-refractivity contribution < 1.29 is 4.79 Å². The second kappa shape index (κ2) is 8.11. The molecule has 0 aliphatic heterocycles. The van der Waals surface area contributed by atoms with Crippen LogP contribution in [0.2, 0.25) is 0 Å². The van der Waals surface area contributed by atoms with E-state index in [0.717, 1.165) is 11.3 Å². The monoisotopic (exact) mass is 357 g/mol. The first kappa shape index (κ1) is 18.1. The van der Waals surface area contributed by atoms with Gasteiger partial charge in [-0.2, -0.15) is 5.26 Å². The molecule has 1 amide bonds. The SMILES string of the molecule is CC(C)c1ccccc1NC(=O)c1cnc(Nc2cccc(C#N)c2)nc1. The highest BCUT2D eigenvalue weighted by atomic mass is 16.1. The summed E-state index contributed by atoms with van der Waals surface area (Å²) >= 11 is 0.